The molecule has 0 aromatic heterocycles. The first-order chi connectivity index (χ1) is 16.5. The van der Waals surface area contributed by atoms with Gasteiger partial charge in [0, 0.05) is 32.0 Å². The number of rotatable bonds is 11. The van der Waals surface area contributed by atoms with Gasteiger partial charge in [-0.05, 0) is 35.1 Å². The first-order valence-electron chi connectivity index (χ1n) is 12.1. The number of carboxylic acid groups (broad SMARTS) is 1. The van der Waals surface area contributed by atoms with Gasteiger partial charge in [-0.3, -0.25) is 9.59 Å². The maximum absolute atomic E-state index is 12.2. The molecule has 2 aliphatic rings. The lowest BCUT2D eigenvalue weighted by Crippen LogP contribution is -2.52. The van der Waals surface area contributed by atoms with Crippen molar-refractivity contribution in [3.63, 3.8) is 0 Å². The van der Waals surface area contributed by atoms with E-state index in [1.165, 1.54) is 22.3 Å². The van der Waals surface area contributed by atoms with E-state index >= 15 is 0 Å². The summed E-state index contributed by atoms with van der Waals surface area (Å²) in [6.07, 6.45) is 4.69. The van der Waals surface area contributed by atoms with Crippen molar-refractivity contribution in [1.29, 1.82) is 0 Å². The first kappa shape index (κ1) is 23.8. The summed E-state index contributed by atoms with van der Waals surface area (Å²) in [5, 5.41) is 11.7. The van der Waals surface area contributed by atoms with E-state index in [1.54, 1.807) is 4.90 Å². The monoisotopic (exact) mass is 464 g/mol. The molecule has 1 aliphatic carbocycles. The summed E-state index contributed by atoms with van der Waals surface area (Å²) >= 11 is 0. The van der Waals surface area contributed by atoms with E-state index in [0.717, 1.165) is 32.1 Å². The summed E-state index contributed by atoms with van der Waals surface area (Å²) in [5.41, 5.74) is 4.82. The molecule has 1 aliphatic heterocycles. The molecule has 7 heteroatoms. The van der Waals surface area contributed by atoms with Gasteiger partial charge in [0.1, 0.15) is 6.61 Å². The molecule has 0 bridgehead atoms. The van der Waals surface area contributed by atoms with E-state index in [-0.39, 0.29) is 17.9 Å². The number of likely N-dealkylation sites (tertiary alicyclic amines) is 1. The second kappa shape index (κ2) is 11.2. The third-order valence-corrected chi connectivity index (χ3v) is 6.76. The molecule has 1 saturated heterocycles. The number of hydrogen-bond acceptors (Lipinski definition) is 4. The van der Waals surface area contributed by atoms with Crippen LogP contribution in [0.25, 0.3) is 11.1 Å². The predicted octanol–water partition coefficient (Wildman–Crippen LogP) is 4.41. The topological polar surface area (TPSA) is 95.9 Å². The summed E-state index contributed by atoms with van der Waals surface area (Å²) in [5.74, 6) is -1.11. The Labute approximate surface area is 200 Å². The Hall–Kier alpha value is -3.35. The normalized spacial score (nSPS) is 14.8. The summed E-state index contributed by atoms with van der Waals surface area (Å²) in [7, 11) is 0. The largest absolute Gasteiger partial charge is 0.481 e. The Morgan fingerprint density at radius 1 is 0.882 bits per heavy atom. The number of fused-ring (bicyclic) bond motifs is 3. The van der Waals surface area contributed by atoms with Gasteiger partial charge in [0.25, 0.3) is 0 Å². The molecule has 1 fully saturated rings. The van der Waals surface area contributed by atoms with Crippen LogP contribution in [-0.2, 0) is 14.3 Å². The van der Waals surface area contributed by atoms with Gasteiger partial charge in [0.05, 0.1) is 5.92 Å². The molecular weight excluding hydrogens is 432 g/mol. The average molecular weight is 465 g/mol. The molecule has 34 heavy (non-hydrogen) atoms. The second-order valence-electron chi connectivity index (χ2n) is 9.10. The van der Waals surface area contributed by atoms with Crippen LogP contribution in [0.2, 0.25) is 0 Å². The Morgan fingerprint density at radius 2 is 1.47 bits per heavy atom. The highest BCUT2D eigenvalue weighted by Gasteiger charge is 2.35. The highest BCUT2D eigenvalue weighted by Crippen LogP contribution is 2.44. The van der Waals surface area contributed by atoms with Gasteiger partial charge in [-0.15, -0.1) is 0 Å². The Morgan fingerprint density at radius 3 is 2.12 bits per heavy atom. The highest BCUT2D eigenvalue weighted by atomic mass is 16.5. The second-order valence-corrected chi connectivity index (χ2v) is 9.10. The van der Waals surface area contributed by atoms with E-state index in [2.05, 4.69) is 29.6 Å². The summed E-state index contributed by atoms with van der Waals surface area (Å²) < 4.78 is 5.54. The molecule has 0 spiro atoms. The number of nitrogens with one attached hydrogen (secondary N) is 1. The Kier molecular flexibility index (Phi) is 7.83. The van der Waals surface area contributed by atoms with Gasteiger partial charge in [-0.25, -0.2) is 4.79 Å². The van der Waals surface area contributed by atoms with Crippen LogP contribution in [0.3, 0.4) is 0 Å². The van der Waals surface area contributed by atoms with Crippen molar-refractivity contribution in [3.8, 4) is 11.1 Å². The number of carboxylic acids is 1. The molecule has 0 atom stereocenters. The van der Waals surface area contributed by atoms with Gasteiger partial charge in [-0.2, -0.15) is 0 Å². The molecule has 2 N–H and O–H groups in total. The minimum atomic E-state index is -0.823. The quantitative estimate of drug-likeness (QED) is 0.480. The van der Waals surface area contributed by atoms with Gasteiger partial charge in [-0.1, -0.05) is 67.8 Å². The maximum Gasteiger partial charge on any atom is 0.407 e. The average Bonchev–Trinajstić information content (AvgIpc) is 3.12. The number of carbonyl (C=O) groups excluding carboxylic acids is 2. The van der Waals surface area contributed by atoms with Gasteiger partial charge >= 0.3 is 12.1 Å². The molecule has 0 radical (unpaired) electrons. The SMILES string of the molecule is O=C(NCCCCCCCC(=O)N1CC(C(=O)O)C1)OCC1c2ccccc2-c2ccccc21. The summed E-state index contributed by atoms with van der Waals surface area (Å²) in [4.78, 5) is 36.6. The first-order valence-corrected chi connectivity index (χ1v) is 12.1. The molecule has 2 amide bonds. The fourth-order valence-corrected chi connectivity index (χ4v) is 4.77. The van der Waals surface area contributed by atoms with Crippen LogP contribution in [0.1, 0.15) is 55.6 Å². The molecule has 0 saturated carbocycles. The summed E-state index contributed by atoms with van der Waals surface area (Å²) in [6, 6.07) is 16.5. The van der Waals surface area contributed by atoms with E-state index in [9.17, 15) is 14.4 Å². The van der Waals surface area contributed by atoms with Crippen LogP contribution in [0.4, 0.5) is 4.79 Å². The van der Waals surface area contributed by atoms with Crippen molar-refractivity contribution >= 4 is 18.0 Å². The lowest BCUT2D eigenvalue weighted by atomic mass is 9.98. The Bertz CT molecular complexity index is 986. The summed E-state index contributed by atoms with van der Waals surface area (Å²) in [6.45, 7) is 1.57. The van der Waals surface area contributed by atoms with E-state index in [0.29, 0.717) is 32.7 Å². The Balaban J connectivity index is 1.06. The van der Waals surface area contributed by atoms with Crippen molar-refractivity contribution in [2.75, 3.05) is 26.2 Å². The number of amides is 2. The predicted molar refractivity (Wildman–Crippen MR) is 128 cm³/mol. The number of alkyl carbamates (subject to hydrolysis) is 1. The number of nitrogens with zero attached hydrogens (tertiary/aromatic N) is 1. The molecule has 4 rings (SSSR count). The number of hydrogen-bond donors (Lipinski definition) is 2. The number of aliphatic carboxylic acids is 1. The molecule has 2 aromatic rings. The lowest BCUT2D eigenvalue weighted by Gasteiger charge is -2.36. The minimum absolute atomic E-state index is 0.0504. The van der Waals surface area contributed by atoms with Gasteiger partial charge in [0.15, 0.2) is 0 Å². The molecule has 2 aromatic carbocycles. The third kappa shape index (κ3) is 5.58. The van der Waals surface area contributed by atoms with E-state index < -0.39 is 11.9 Å². The zero-order valence-electron chi connectivity index (χ0n) is 19.4. The zero-order valence-corrected chi connectivity index (χ0v) is 19.4. The van der Waals surface area contributed by atoms with Crippen LogP contribution in [0.5, 0.6) is 0 Å². The van der Waals surface area contributed by atoms with Crippen molar-refractivity contribution < 1.29 is 24.2 Å². The van der Waals surface area contributed by atoms with Crippen LogP contribution < -0.4 is 5.32 Å². The van der Waals surface area contributed by atoms with Crippen LogP contribution in [0, 0.1) is 5.92 Å². The molecule has 1 heterocycles. The van der Waals surface area contributed by atoms with Crippen molar-refractivity contribution in [2.45, 2.75) is 44.4 Å². The fourth-order valence-electron chi connectivity index (χ4n) is 4.77. The fraction of sp³-hybridized carbons (Fsp3) is 0.444. The maximum atomic E-state index is 12.2. The van der Waals surface area contributed by atoms with Crippen molar-refractivity contribution in [2.24, 2.45) is 5.92 Å². The molecule has 7 nitrogen and oxygen atoms in total. The van der Waals surface area contributed by atoms with Crippen LogP contribution >= 0.6 is 0 Å². The molecule has 0 unspecified atom stereocenters. The van der Waals surface area contributed by atoms with Gasteiger partial charge in [0.2, 0.25) is 5.91 Å². The number of carbonyl (C=O) groups is 3. The zero-order chi connectivity index (χ0) is 23.9. The van der Waals surface area contributed by atoms with Crippen LogP contribution in [0.15, 0.2) is 48.5 Å². The molecule has 180 valence electrons. The highest BCUT2D eigenvalue weighted by molar-refractivity contribution is 5.81. The molecular formula is C27H32N2O5. The van der Waals surface area contributed by atoms with Crippen LogP contribution in [-0.4, -0.2) is 54.2 Å². The lowest BCUT2D eigenvalue weighted by molar-refractivity contribution is -0.152. The van der Waals surface area contributed by atoms with Crippen molar-refractivity contribution in [3.05, 3.63) is 59.7 Å². The van der Waals surface area contributed by atoms with Gasteiger partial charge < -0.3 is 20.1 Å². The standard InChI is InChI=1S/C27H32N2O5/c30-25(29-16-19(17-29)26(31)32)14-4-2-1-3-9-15-28-27(33)34-18-24-22-12-7-5-10-20(22)21-11-6-8-13-23(21)24/h5-8,10-13,19,24H,1-4,9,14-18H2,(H,28,33)(H,31,32). The smallest absolute Gasteiger partial charge is 0.407 e. The van der Waals surface area contributed by atoms with E-state index in [1.807, 2.05) is 24.3 Å². The van der Waals surface area contributed by atoms with E-state index in [4.69, 9.17) is 9.84 Å². The number of benzene rings is 2. The number of ether oxygens (including phenoxy) is 1. The minimum Gasteiger partial charge on any atom is -0.481 e. The number of unbranched alkanes of at least 4 members (excludes halogenated alkanes) is 4. The third-order valence-electron chi connectivity index (χ3n) is 6.76. The van der Waals surface area contributed by atoms with Crippen molar-refractivity contribution in [1.82, 2.24) is 10.2 Å².